The van der Waals surface area contributed by atoms with Crippen molar-refractivity contribution in [2.75, 3.05) is 0 Å². The van der Waals surface area contributed by atoms with Crippen LogP contribution >= 0.6 is 0 Å². The molecule has 0 amide bonds. The quantitative estimate of drug-likeness (QED) is 0.606. The van der Waals surface area contributed by atoms with Crippen LogP contribution in [0.5, 0.6) is 0 Å². The lowest BCUT2D eigenvalue weighted by molar-refractivity contribution is 0.103. The first-order valence-electron chi connectivity index (χ1n) is 7.57. The highest BCUT2D eigenvalue weighted by Gasteiger charge is 2.12. The highest BCUT2D eigenvalue weighted by atomic mass is 16.1. The molecule has 0 atom stereocenters. The van der Waals surface area contributed by atoms with Crippen LogP contribution in [0, 0.1) is 0 Å². The molecule has 0 heterocycles. The van der Waals surface area contributed by atoms with Gasteiger partial charge in [0, 0.05) is 11.1 Å². The van der Waals surface area contributed by atoms with Gasteiger partial charge < -0.3 is 0 Å². The molecule has 1 heteroatoms. The van der Waals surface area contributed by atoms with Crippen LogP contribution in [0.4, 0.5) is 0 Å². The van der Waals surface area contributed by atoms with E-state index in [1.165, 1.54) is 0 Å². The lowest BCUT2D eigenvalue weighted by Crippen LogP contribution is -2.04. The van der Waals surface area contributed by atoms with Gasteiger partial charge in [0.05, 0.1) is 0 Å². The van der Waals surface area contributed by atoms with Gasteiger partial charge in [-0.2, -0.15) is 0 Å². The van der Waals surface area contributed by atoms with Crippen LogP contribution in [-0.2, 0) is 6.42 Å². The van der Waals surface area contributed by atoms with Crippen molar-refractivity contribution in [1.29, 1.82) is 0 Å². The van der Waals surface area contributed by atoms with Gasteiger partial charge >= 0.3 is 0 Å². The first-order chi connectivity index (χ1) is 10.8. The Kier molecular flexibility index (Phi) is 4.15. The molecule has 0 aliphatic heterocycles. The van der Waals surface area contributed by atoms with E-state index < -0.39 is 0 Å². The molecule has 3 aromatic carbocycles. The molecule has 0 fully saturated rings. The van der Waals surface area contributed by atoms with E-state index in [0.29, 0.717) is 0 Å². The lowest BCUT2D eigenvalue weighted by atomic mass is 9.95. The van der Waals surface area contributed by atoms with E-state index in [4.69, 9.17) is 0 Å². The first kappa shape index (κ1) is 14.3. The first-order valence-corrected chi connectivity index (χ1v) is 7.57. The van der Waals surface area contributed by atoms with Crippen LogP contribution in [0.3, 0.4) is 0 Å². The molecule has 0 saturated heterocycles. The number of hydrogen-bond donors (Lipinski definition) is 0. The Balaban J connectivity index is 1.91. The maximum atomic E-state index is 12.7. The highest BCUT2D eigenvalue weighted by molar-refractivity contribution is 6.10. The summed E-state index contributed by atoms with van der Waals surface area (Å²) in [5.41, 5.74) is 4.93. The third kappa shape index (κ3) is 2.84. The van der Waals surface area contributed by atoms with Crippen molar-refractivity contribution in [2.45, 2.75) is 13.3 Å². The molecule has 3 aromatic rings. The van der Waals surface area contributed by atoms with Crippen LogP contribution in [-0.4, -0.2) is 5.78 Å². The smallest absolute Gasteiger partial charge is 0.193 e. The predicted octanol–water partition coefficient (Wildman–Crippen LogP) is 5.15. The molecule has 0 radical (unpaired) electrons. The standard InChI is InChI=1S/C21H18O/c1-2-16-8-6-7-11-20(16)21(22)19-14-12-18(13-15-19)17-9-4-3-5-10-17/h3-15H,2H2,1H3. The molecule has 108 valence electrons. The van der Waals surface area contributed by atoms with Crippen molar-refractivity contribution in [3.63, 3.8) is 0 Å². The van der Waals surface area contributed by atoms with Gasteiger partial charge in [0.15, 0.2) is 5.78 Å². The van der Waals surface area contributed by atoms with Crippen molar-refractivity contribution >= 4 is 5.78 Å². The lowest BCUT2D eigenvalue weighted by Gasteiger charge is -2.08. The number of carbonyl (C=O) groups is 1. The van der Waals surface area contributed by atoms with Crippen LogP contribution in [0.1, 0.15) is 28.4 Å². The molecule has 1 nitrogen and oxygen atoms in total. The Morgan fingerprint density at radius 3 is 2.00 bits per heavy atom. The number of aryl methyl sites for hydroxylation is 1. The van der Waals surface area contributed by atoms with E-state index in [1.54, 1.807) is 0 Å². The van der Waals surface area contributed by atoms with Crippen molar-refractivity contribution in [1.82, 2.24) is 0 Å². The topological polar surface area (TPSA) is 17.1 Å². The van der Waals surface area contributed by atoms with Crippen molar-refractivity contribution in [2.24, 2.45) is 0 Å². The van der Waals surface area contributed by atoms with E-state index in [2.05, 4.69) is 19.1 Å². The van der Waals surface area contributed by atoms with E-state index in [0.717, 1.165) is 34.2 Å². The minimum atomic E-state index is 0.0945. The second kappa shape index (κ2) is 6.40. The number of rotatable bonds is 4. The summed E-state index contributed by atoms with van der Waals surface area (Å²) in [6.45, 7) is 2.07. The third-order valence-corrected chi connectivity index (χ3v) is 3.90. The summed E-state index contributed by atoms with van der Waals surface area (Å²) in [4.78, 5) is 12.7. The van der Waals surface area contributed by atoms with Gasteiger partial charge in [-0.05, 0) is 23.1 Å². The number of hydrogen-bond acceptors (Lipinski definition) is 1. The summed E-state index contributed by atoms with van der Waals surface area (Å²) in [5, 5.41) is 0. The molecular weight excluding hydrogens is 268 g/mol. The van der Waals surface area contributed by atoms with Gasteiger partial charge in [0.1, 0.15) is 0 Å². The third-order valence-electron chi connectivity index (χ3n) is 3.90. The van der Waals surface area contributed by atoms with Crippen LogP contribution in [0.2, 0.25) is 0 Å². The van der Waals surface area contributed by atoms with Crippen LogP contribution in [0.15, 0.2) is 78.9 Å². The zero-order chi connectivity index (χ0) is 15.4. The SMILES string of the molecule is CCc1ccccc1C(=O)c1ccc(-c2ccccc2)cc1. The molecular formula is C21H18O. The van der Waals surface area contributed by atoms with Gasteiger partial charge in [-0.25, -0.2) is 0 Å². The Bertz CT molecular complexity index is 771. The van der Waals surface area contributed by atoms with E-state index in [-0.39, 0.29) is 5.78 Å². The summed E-state index contributed by atoms with van der Waals surface area (Å²) in [7, 11) is 0. The summed E-state index contributed by atoms with van der Waals surface area (Å²) in [6.07, 6.45) is 0.865. The van der Waals surface area contributed by atoms with Crippen LogP contribution < -0.4 is 0 Å². The van der Waals surface area contributed by atoms with Crippen molar-refractivity contribution in [3.8, 4) is 11.1 Å². The largest absolute Gasteiger partial charge is 0.289 e. The molecule has 0 aromatic heterocycles. The Morgan fingerprint density at radius 1 is 0.727 bits per heavy atom. The molecule has 0 saturated carbocycles. The fourth-order valence-electron chi connectivity index (χ4n) is 2.65. The van der Waals surface area contributed by atoms with Crippen molar-refractivity contribution in [3.05, 3.63) is 95.6 Å². The van der Waals surface area contributed by atoms with Gasteiger partial charge in [-0.1, -0.05) is 85.8 Å². The molecule has 0 unspecified atom stereocenters. The molecule has 0 bridgehead atoms. The summed E-state index contributed by atoms with van der Waals surface area (Å²) in [6, 6.07) is 25.9. The van der Waals surface area contributed by atoms with Crippen molar-refractivity contribution < 1.29 is 4.79 Å². The Hall–Kier alpha value is -2.67. The molecule has 0 spiro atoms. The average Bonchev–Trinajstić information content (AvgIpc) is 2.62. The minimum Gasteiger partial charge on any atom is -0.289 e. The monoisotopic (exact) mass is 286 g/mol. The Morgan fingerprint density at radius 2 is 1.32 bits per heavy atom. The van der Waals surface area contributed by atoms with Gasteiger partial charge in [-0.15, -0.1) is 0 Å². The van der Waals surface area contributed by atoms with Gasteiger partial charge in [0.25, 0.3) is 0 Å². The molecule has 0 N–H and O–H groups in total. The minimum absolute atomic E-state index is 0.0945. The molecule has 0 aliphatic carbocycles. The summed E-state index contributed by atoms with van der Waals surface area (Å²) in [5.74, 6) is 0.0945. The Labute approximate surface area is 131 Å². The number of carbonyl (C=O) groups excluding carboxylic acids is 1. The number of benzene rings is 3. The maximum Gasteiger partial charge on any atom is 0.193 e. The van der Waals surface area contributed by atoms with E-state index >= 15 is 0 Å². The zero-order valence-electron chi connectivity index (χ0n) is 12.6. The molecule has 3 rings (SSSR count). The zero-order valence-corrected chi connectivity index (χ0v) is 12.6. The molecule has 22 heavy (non-hydrogen) atoms. The second-order valence-corrected chi connectivity index (χ2v) is 5.28. The van der Waals surface area contributed by atoms with E-state index in [1.807, 2.05) is 66.7 Å². The molecule has 0 aliphatic rings. The van der Waals surface area contributed by atoms with Crippen LogP contribution in [0.25, 0.3) is 11.1 Å². The van der Waals surface area contributed by atoms with Gasteiger partial charge in [-0.3, -0.25) is 4.79 Å². The second-order valence-electron chi connectivity index (χ2n) is 5.28. The van der Waals surface area contributed by atoms with E-state index in [9.17, 15) is 4.79 Å². The predicted molar refractivity (Wildman–Crippen MR) is 91.1 cm³/mol. The summed E-state index contributed by atoms with van der Waals surface area (Å²) < 4.78 is 0. The number of ketones is 1. The maximum absolute atomic E-state index is 12.7. The van der Waals surface area contributed by atoms with Gasteiger partial charge in [0.2, 0.25) is 0 Å². The fraction of sp³-hybridized carbons (Fsp3) is 0.0952. The fourth-order valence-corrected chi connectivity index (χ4v) is 2.65. The summed E-state index contributed by atoms with van der Waals surface area (Å²) >= 11 is 0. The highest BCUT2D eigenvalue weighted by Crippen LogP contribution is 2.21. The average molecular weight is 286 g/mol. The normalized spacial score (nSPS) is 10.4.